The molecule has 1 N–H and O–H groups in total. The lowest BCUT2D eigenvalue weighted by Gasteiger charge is -2.19. The molecule has 4 nitrogen and oxygen atoms in total. The van der Waals surface area contributed by atoms with Gasteiger partial charge in [0.25, 0.3) is 5.91 Å². The van der Waals surface area contributed by atoms with E-state index < -0.39 is 6.10 Å². The van der Waals surface area contributed by atoms with Crippen molar-refractivity contribution in [2.45, 2.75) is 33.3 Å². The molecular formula is C19H23NO3. The van der Waals surface area contributed by atoms with Crippen molar-refractivity contribution in [1.29, 1.82) is 0 Å². The number of anilines is 1. The van der Waals surface area contributed by atoms with Crippen LogP contribution in [0.1, 0.15) is 24.5 Å². The van der Waals surface area contributed by atoms with E-state index in [9.17, 15) is 4.79 Å². The Labute approximate surface area is 137 Å². The summed E-state index contributed by atoms with van der Waals surface area (Å²) in [5, 5.41) is 2.88. The molecule has 1 amide bonds. The molecule has 0 aliphatic heterocycles. The van der Waals surface area contributed by atoms with Crippen LogP contribution in [-0.2, 0) is 4.79 Å². The van der Waals surface area contributed by atoms with Crippen LogP contribution in [0.2, 0.25) is 0 Å². The standard InChI is InChI=1S/C19H23NO3/c1-5-17(23-18-11-13(2)9-10-14(18)3)19(21)20-15-7-6-8-16(12-15)22-4/h6-12,17H,5H2,1-4H3,(H,20,21)/t17-/m1/s1. The van der Waals surface area contributed by atoms with Crippen molar-refractivity contribution in [3.8, 4) is 11.5 Å². The van der Waals surface area contributed by atoms with Gasteiger partial charge in [0.15, 0.2) is 6.10 Å². The van der Waals surface area contributed by atoms with Crippen LogP contribution in [0.15, 0.2) is 42.5 Å². The van der Waals surface area contributed by atoms with Crippen LogP contribution < -0.4 is 14.8 Å². The van der Waals surface area contributed by atoms with E-state index in [4.69, 9.17) is 9.47 Å². The Morgan fingerprint density at radius 2 is 1.96 bits per heavy atom. The predicted molar refractivity (Wildman–Crippen MR) is 92.2 cm³/mol. The van der Waals surface area contributed by atoms with Gasteiger partial charge in [-0.1, -0.05) is 25.1 Å². The maximum absolute atomic E-state index is 12.5. The molecule has 0 fully saturated rings. The average Bonchev–Trinajstić information content (AvgIpc) is 2.55. The van der Waals surface area contributed by atoms with Crippen molar-refractivity contribution in [3.63, 3.8) is 0 Å². The zero-order valence-corrected chi connectivity index (χ0v) is 14.1. The number of amides is 1. The SMILES string of the molecule is CC[C@@H](Oc1cc(C)ccc1C)C(=O)Nc1cccc(OC)c1. The number of benzene rings is 2. The largest absolute Gasteiger partial charge is 0.497 e. The summed E-state index contributed by atoms with van der Waals surface area (Å²) in [6.07, 6.45) is 0.0464. The van der Waals surface area contributed by atoms with E-state index >= 15 is 0 Å². The first-order valence-electron chi connectivity index (χ1n) is 7.72. The van der Waals surface area contributed by atoms with Crippen molar-refractivity contribution in [3.05, 3.63) is 53.6 Å². The van der Waals surface area contributed by atoms with Gasteiger partial charge in [-0.3, -0.25) is 4.79 Å². The molecule has 0 aliphatic rings. The fourth-order valence-corrected chi connectivity index (χ4v) is 2.23. The van der Waals surface area contributed by atoms with Crippen LogP contribution in [0.25, 0.3) is 0 Å². The van der Waals surface area contributed by atoms with Crippen LogP contribution in [0, 0.1) is 13.8 Å². The summed E-state index contributed by atoms with van der Waals surface area (Å²) in [7, 11) is 1.60. The summed E-state index contributed by atoms with van der Waals surface area (Å²) >= 11 is 0. The van der Waals surface area contributed by atoms with Gasteiger partial charge in [0, 0.05) is 11.8 Å². The molecule has 0 bridgehead atoms. The van der Waals surface area contributed by atoms with E-state index in [0.29, 0.717) is 17.9 Å². The first-order valence-corrected chi connectivity index (χ1v) is 7.72. The highest BCUT2D eigenvalue weighted by molar-refractivity contribution is 5.94. The smallest absolute Gasteiger partial charge is 0.265 e. The number of nitrogens with one attached hydrogen (secondary N) is 1. The van der Waals surface area contributed by atoms with Crippen molar-refractivity contribution in [1.82, 2.24) is 0 Å². The second-order valence-corrected chi connectivity index (χ2v) is 5.50. The third-order valence-corrected chi connectivity index (χ3v) is 3.61. The Kier molecular flexibility index (Phi) is 5.63. The molecule has 1 atom stereocenters. The minimum absolute atomic E-state index is 0.165. The molecule has 0 spiro atoms. The molecular weight excluding hydrogens is 290 g/mol. The van der Waals surface area contributed by atoms with Crippen LogP contribution in [0.3, 0.4) is 0 Å². The molecule has 0 radical (unpaired) electrons. The van der Waals surface area contributed by atoms with Gasteiger partial charge < -0.3 is 14.8 Å². The zero-order valence-electron chi connectivity index (χ0n) is 14.1. The third-order valence-electron chi connectivity index (χ3n) is 3.61. The molecule has 2 rings (SSSR count). The minimum Gasteiger partial charge on any atom is -0.497 e. The fourth-order valence-electron chi connectivity index (χ4n) is 2.23. The Bertz CT molecular complexity index is 682. The molecule has 122 valence electrons. The van der Waals surface area contributed by atoms with Gasteiger partial charge in [-0.05, 0) is 49.6 Å². The monoisotopic (exact) mass is 313 g/mol. The Morgan fingerprint density at radius 3 is 2.65 bits per heavy atom. The fraction of sp³-hybridized carbons (Fsp3) is 0.316. The number of methoxy groups -OCH3 is 1. The molecule has 4 heteroatoms. The van der Waals surface area contributed by atoms with E-state index in [1.165, 1.54) is 0 Å². The second-order valence-electron chi connectivity index (χ2n) is 5.50. The first-order chi connectivity index (χ1) is 11.0. The second kappa shape index (κ2) is 7.68. The molecule has 0 heterocycles. The zero-order chi connectivity index (χ0) is 16.8. The summed E-state index contributed by atoms with van der Waals surface area (Å²) in [5.74, 6) is 1.28. The van der Waals surface area contributed by atoms with Gasteiger partial charge in [0.05, 0.1) is 7.11 Å². The average molecular weight is 313 g/mol. The topological polar surface area (TPSA) is 47.6 Å². The Balaban J connectivity index is 2.10. The number of carbonyl (C=O) groups excluding carboxylic acids is 1. The maximum atomic E-state index is 12.5. The number of ether oxygens (including phenoxy) is 2. The number of carbonyl (C=O) groups is 1. The van der Waals surface area contributed by atoms with E-state index in [-0.39, 0.29) is 5.91 Å². The van der Waals surface area contributed by atoms with Crippen molar-refractivity contribution >= 4 is 11.6 Å². The summed E-state index contributed by atoms with van der Waals surface area (Å²) in [6, 6.07) is 13.3. The quantitative estimate of drug-likeness (QED) is 0.873. The van der Waals surface area contributed by atoms with Crippen molar-refractivity contribution < 1.29 is 14.3 Å². The van der Waals surface area contributed by atoms with Gasteiger partial charge >= 0.3 is 0 Å². The minimum atomic E-state index is -0.540. The molecule has 0 aromatic heterocycles. The van der Waals surface area contributed by atoms with Crippen LogP contribution >= 0.6 is 0 Å². The highest BCUT2D eigenvalue weighted by Crippen LogP contribution is 2.22. The maximum Gasteiger partial charge on any atom is 0.265 e. The number of aryl methyl sites for hydroxylation is 2. The predicted octanol–water partition coefficient (Wildman–Crippen LogP) is 4.11. The Hall–Kier alpha value is -2.49. The van der Waals surface area contributed by atoms with Crippen LogP contribution in [0.5, 0.6) is 11.5 Å². The Morgan fingerprint density at radius 1 is 1.17 bits per heavy atom. The number of hydrogen-bond donors (Lipinski definition) is 1. The molecule has 0 aliphatic carbocycles. The normalized spacial score (nSPS) is 11.7. The molecule has 2 aromatic rings. The lowest BCUT2D eigenvalue weighted by Crippen LogP contribution is -2.32. The number of rotatable bonds is 6. The lowest BCUT2D eigenvalue weighted by atomic mass is 10.1. The highest BCUT2D eigenvalue weighted by Gasteiger charge is 2.19. The molecule has 0 saturated heterocycles. The summed E-state index contributed by atoms with van der Waals surface area (Å²) < 4.78 is 11.1. The van der Waals surface area contributed by atoms with Gasteiger partial charge in [-0.2, -0.15) is 0 Å². The molecule has 23 heavy (non-hydrogen) atoms. The van der Waals surface area contributed by atoms with Gasteiger partial charge in [-0.25, -0.2) is 0 Å². The van der Waals surface area contributed by atoms with E-state index in [2.05, 4.69) is 5.32 Å². The molecule has 2 aromatic carbocycles. The highest BCUT2D eigenvalue weighted by atomic mass is 16.5. The molecule has 0 unspecified atom stereocenters. The third kappa shape index (κ3) is 4.49. The van der Waals surface area contributed by atoms with Crippen LogP contribution in [-0.4, -0.2) is 19.1 Å². The number of hydrogen-bond acceptors (Lipinski definition) is 3. The summed E-state index contributed by atoms with van der Waals surface area (Å²) in [4.78, 5) is 12.5. The van der Waals surface area contributed by atoms with Gasteiger partial charge in [-0.15, -0.1) is 0 Å². The van der Waals surface area contributed by atoms with Gasteiger partial charge in [0.2, 0.25) is 0 Å². The van der Waals surface area contributed by atoms with Crippen molar-refractivity contribution in [2.24, 2.45) is 0 Å². The van der Waals surface area contributed by atoms with Crippen molar-refractivity contribution in [2.75, 3.05) is 12.4 Å². The summed E-state index contributed by atoms with van der Waals surface area (Å²) in [5.41, 5.74) is 2.81. The molecule has 0 saturated carbocycles. The lowest BCUT2D eigenvalue weighted by molar-refractivity contribution is -0.122. The van der Waals surface area contributed by atoms with Crippen LogP contribution in [0.4, 0.5) is 5.69 Å². The van der Waals surface area contributed by atoms with E-state index in [0.717, 1.165) is 16.9 Å². The van der Waals surface area contributed by atoms with E-state index in [1.54, 1.807) is 13.2 Å². The first kappa shape index (κ1) is 16.9. The van der Waals surface area contributed by atoms with Gasteiger partial charge in [0.1, 0.15) is 11.5 Å². The van der Waals surface area contributed by atoms with E-state index in [1.807, 2.05) is 57.2 Å². The summed E-state index contributed by atoms with van der Waals surface area (Å²) in [6.45, 7) is 5.91.